The van der Waals surface area contributed by atoms with Crippen molar-refractivity contribution in [1.82, 2.24) is 14.1 Å². The lowest BCUT2D eigenvalue weighted by atomic mass is 9.92. The number of nitrogens with zero attached hydrogens (tertiary/aromatic N) is 3. The number of hydrogen-bond acceptors (Lipinski definition) is 1. The van der Waals surface area contributed by atoms with Crippen LogP contribution in [0.3, 0.4) is 0 Å². The number of fused-ring (bicyclic) bond motifs is 3. The number of benzene rings is 7. The molecule has 0 bridgehead atoms. The van der Waals surface area contributed by atoms with Gasteiger partial charge in [0.1, 0.15) is 5.82 Å². The van der Waals surface area contributed by atoms with Gasteiger partial charge in [-0.15, -0.1) is 0 Å². The highest BCUT2D eigenvalue weighted by Gasteiger charge is 2.20. The standard InChI is InChI=1S/C48H37N3/c1-32-27-33(2)47(34(3)28-32)51-46(37-19-11-6-12-20-37)31-49-48(51)38-23-25-39(26-24-38)50-44-22-14-13-21-40(44)43-29-41(35-15-7-4-8-16-35)42(30-45(43)50)36-17-9-5-10-18-36/h4-31H,1-3H3. The molecule has 0 saturated heterocycles. The van der Waals surface area contributed by atoms with Crippen molar-refractivity contribution >= 4 is 21.8 Å². The minimum atomic E-state index is 0.927. The van der Waals surface area contributed by atoms with Gasteiger partial charge in [0, 0.05) is 27.6 Å². The molecular weight excluding hydrogens is 619 g/mol. The molecule has 244 valence electrons. The van der Waals surface area contributed by atoms with Gasteiger partial charge >= 0.3 is 0 Å². The normalized spacial score (nSPS) is 11.4. The average molecular weight is 656 g/mol. The van der Waals surface area contributed by atoms with Crippen molar-refractivity contribution in [2.45, 2.75) is 20.8 Å². The Morgan fingerprint density at radius 3 is 1.61 bits per heavy atom. The molecule has 0 aliphatic heterocycles. The van der Waals surface area contributed by atoms with Crippen LogP contribution in [0.2, 0.25) is 0 Å². The third-order valence-electron chi connectivity index (χ3n) is 10.1. The molecule has 7 aromatic carbocycles. The highest BCUT2D eigenvalue weighted by molar-refractivity contribution is 6.12. The summed E-state index contributed by atoms with van der Waals surface area (Å²) in [6.45, 7) is 6.56. The van der Waals surface area contributed by atoms with Crippen LogP contribution in [0.4, 0.5) is 0 Å². The van der Waals surface area contributed by atoms with Crippen LogP contribution in [0.25, 0.3) is 78.1 Å². The fourth-order valence-corrected chi connectivity index (χ4v) is 7.89. The molecule has 0 amide bonds. The minimum absolute atomic E-state index is 0.927. The van der Waals surface area contributed by atoms with Gasteiger partial charge in [-0.3, -0.25) is 4.57 Å². The largest absolute Gasteiger partial charge is 0.309 e. The molecule has 0 fully saturated rings. The van der Waals surface area contributed by atoms with E-state index in [0.717, 1.165) is 28.3 Å². The van der Waals surface area contributed by atoms with E-state index in [4.69, 9.17) is 4.98 Å². The summed E-state index contributed by atoms with van der Waals surface area (Å²) >= 11 is 0. The summed E-state index contributed by atoms with van der Waals surface area (Å²) in [6, 6.07) is 59.0. The molecule has 0 spiro atoms. The third-order valence-corrected chi connectivity index (χ3v) is 10.1. The second-order valence-corrected chi connectivity index (χ2v) is 13.5. The van der Waals surface area contributed by atoms with Crippen LogP contribution in [0.1, 0.15) is 16.7 Å². The van der Waals surface area contributed by atoms with E-state index in [1.807, 2.05) is 6.20 Å². The molecule has 0 aliphatic rings. The molecule has 0 aliphatic carbocycles. The van der Waals surface area contributed by atoms with Crippen LogP contribution in [0.15, 0.2) is 170 Å². The average Bonchev–Trinajstić information content (AvgIpc) is 3.74. The van der Waals surface area contributed by atoms with Crippen molar-refractivity contribution in [1.29, 1.82) is 0 Å². The molecule has 0 unspecified atom stereocenters. The third kappa shape index (κ3) is 5.26. The van der Waals surface area contributed by atoms with Gasteiger partial charge in [-0.1, -0.05) is 127 Å². The second-order valence-electron chi connectivity index (χ2n) is 13.5. The first-order chi connectivity index (χ1) is 25.0. The Morgan fingerprint density at radius 2 is 0.980 bits per heavy atom. The zero-order chi connectivity index (χ0) is 34.5. The number of hydrogen-bond donors (Lipinski definition) is 0. The number of rotatable bonds is 6. The van der Waals surface area contributed by atoms with E-state index >= 15 is 0 Å². The molecule has 51 heavy (non-hydrogen) atoms. The van der Waals surface area contributed by atoms with Crippen molar-refractivity contribution in [3.63, 3.8) is 0 Å². The van der Waals surface area contributed by atoms with Gasteiger partial charge in [-0.2, -0.15) is 0 Å². The SMILES string of the molecule is Cc1cc(C)c(-n2c(-c3ccccc3)cnc2-c2ccc(-n3c4ccccc4c4cc(-c5ccccc5)c(-c5ccccc5)cc43)cc2)c(C)c1. The lowest BCUT2D eigenvalue weighted by molar-refractivity contribution is 1.03. The van der Waals surface area contributed by atoms with Crippen LogP contribution in [-0.4, -0.2) is 14.1 Å². The van der Waals surface area contributed by atoms with Gasteiger partial charge < -0.3 is 4.57 Å². The van der Waals surface area contributed by atoms with Gasteiger partial charge in [0.15, 0.2) is 0 Å². The Kier molecular flexibility index (Phi) is 7.48. The highest BCUT2D eigenvalue weighted by Crippen LogP contribution is 2.41. The first-order valence-corrected chi connectivity index (χ1v) is 17.6. The van der Waals surface area contributed by atoms with Crippen LogP contribution < -0.4 is 0 Å². The van der Waals surface area contributed by atoms with Crippen molar-refractivity contribution in [3.05, 3.63) is 187 Å². The zero-order valence-electron chi connectivity index (χ0n) is 29.0. The molecule has 2 aromatic heterocycles. The molecule has 9 aromatic rings. The maximum absolute atomic E-state index is 5.08. The predicted molar refractivity (Wildman–Crippen MR) is 214 cm³/mol. The summed E-state index contributed by atoms with van der Waals surface area (Å²) in [6.07, 6.45) is 2.01. The van der Waals surface area contributed by atoms with E-state index in [0.29, 0.717) is 0 Å². The van der Waals surface area contributed by atoms with E-state index in [2.05, 4.69) is 194 Å². The molecule has 9 rings (SSSR count). The van der Waals surface area contributed by atoms with Crippen LogP contribution >= 0.6 is 0 Å². The summed E-state index contributed by atoms with van der Waals surface area (Å²) in [5.41, 5.74) is 16.5. The molecule has 2 heterocycles. The summed E-state index contributed by atoms with van der Waals surface area (Å²) < 4.78 is 4.75. The van der Waals surface area contributed by atoms with E-state index in [-0.39, 0.29) is 0 Å². The van der Waals surface area contributed by atoms with E-state index < -0.39 is 0 Å². The van der Waals surface area contributed by atoms with E-state index in [1.54, 1.807) is 0 Å². The van der Waals surface area contributed by atoms with Gasteiger partial charge in [-0.25, -0.2) is 4.98 Å². The summed E-state index contributed by atoms with van der Waals surface area (Å²) in [5.74, 6) is 0.927. The Bertz CT molecular complexity index is 2660. The molecule has 3 nitrogen and oxygen atoms in total. The number of aryl methyl sites for hydroxylation is 3. The maximum atomic E-state index is 5.08. The Hall–Kier alpha value is -6.45. The quantitative estimate of drug-likeness (QED) is 0.175. The zero-order valence-corrected chi connectivity index (χ0v) is 29.0. The highest BCUT2D eigenvalue weighted by atomic mass is 15.1. The minimum Gasteiger partial charge on any atom is -0.309 e. The number of imidazole rings is 1. The van der Waals surface area contributed by atoms with Crippen LogP contribution in [0, 0.1) is 20.8 Å². The van der Waals surface area contributed by atoms with Gasteiger partial charge in [-0.05, 0) is 96.6 Å². The Labute approximate surface area is 298 Å². The monoisotopic (exact) mass is 655 g/mol. The number of aromatic nitrogens is 3. The molecule has 3 heteroatoms. The summed E-state index contributed by atoms with van der Waals surface area (Å²) in [4.78, 5) is 5.08. The first-order valence-electron chi connectivity index (χ1n) is 17.6. The molecular formula is C48H37N3. The Balaban J connectivity index is 1.24. The van der Waals surface area contributed by atoms with Crippen LogP contribution in [-0.2, 0) is 0 Å². The molecule has 0 N–H and O–H groups in total. The van der Waals surface area contributed by atoms with Crippen molar-refractivity contribution in [3.8, 4) is 56.3 Å². The van der Waals surface area contributed by atoms with E-state index in [9.17, 15) is 0 Å². The summed E-state index contributed by atoms with van der Waals surface area (Å²) in [5, 5.41) is 2.48. The summed E-state index contributed by atoms with van der Waals surface area (Å²) in [7, 11) is 0. The lowest BCUT2D eigenvalue weighted by Crippen LogP contribution is -2.05. The second kappa shape index (κ2) is 12.5. The van der Waals surface area contributed by atoms with Gasteiger partial charge in [0.05, 0.1) is 28.6 Å². The molecule has 0 radical (unpaired) electrons. The van der Waals surface area contributed by atoms with Crippen molar-refractivity contribution < 1.29 is 0 Å². The predicted octanol–water partition coefficient (Wildman–Crippen LogP) is 12.6. The lowest BCUT2D eigenvalue weighted by Gasteiger charge is -2.18. The van der Waals surface area contributed by atoms with Crippen LogP contribution in [0.5, 0.6) is 0 Å². The smallest absolute Gasteiger partial charge is 0.145 e. The number of para-hydroxylation sites is 1. The van der Waals surface area contributed by atoms with Gasteiger partial charge in [0.2, 0.25) is 0 Å². The maximum Gasteiger partial charge on any atom is 0.145 e. The van der Waals surface area contributed by atoms with E-state index in [1.165, 1.54) is 66.4 Å². The van der Waals surface area contributed by atoms with Crippen molar-refractivity contribution in [2.75, 3.05) is 0 Å². The van der Waals surface area contributed by atoms with Crippen molar-refractivity contribution in [2.24, 2.45) is 0 Å². The fraction of sp³-hybridized carbons (Fsp3) is 0.0625. The molecule has 0 saturated carbocycles. The first kappa shape index (κ1) is 30.6. The Morgan fingerprint density at radius 1 is 0.431 bits per heavy atom. The van der Waals surface area contributed by atoms with Gasteiger partial charge in [0.25, 0.3) is 0 Å². The fourth-order valence-electron chi connectivity index (χ4n) is 7.89. The molecule has 0 atom stereocenters. The topological polar surface area (TPSA) is 22.8 Å².